The molecule has 1 rings (SSSR count). The zero-order valence-corrected chi connectivity index (χ0v) is 10.3. The second kappa shape index (κ2) is 4.27. The Balaban J connectivity index is 0.00000361. The molecule has 0 nitrogen and oxygen atoms in total. The molecule has 0 aromatic heterocycles. The summed E-state index contributed by atoms with van der Waals surface area (Å²) in [7, 11) is 0. The highest BCUT2D eigenvalue weighted by molar-refractivity contribution is 5.38. The first-order valence-corrected chi connectivity index (χ1v) is 4.95. The second-order valence-corrected chi connectivity index (χ2v) is 5.24. The highest BCUT2D eigenvalue weighted by Crippen LogP contribution is 2.64. The molecule has 0 saturated carbocycles. The van der Waals surface area contributed by atoms with Gasteiger partial charge in [0.15, 0.2) is 5.83 Å². The van der Waals surface area contributed by atoms with Gasteiger partial charge in [-0.1, -0.05) is 20.8 Å². The number of rotatable bonds is 0. The van der Waals surface area contributed by atoms with Crippen molar-refractivity contribution in [1.82, 2.24) is 0 Å². The predicted molar refractivity (Wildman–Crippen MR) is 49.9 cm³/mol. The first-order valence-electron chi connectivity index (χ1n) is 4.95. The summed E-state index contributed by atoms with van der Waals surface area (Å²) in [5, 5.41) is 0. The molecule has 0 aliphatic heterocycles. The zero-order chi connectivity index (χ0) is 15.7. The normalized spacial score (nSPS) is 27.0. The molecular formula is C10H10F10. The van der Waals surface area contributed by atoms with Gasteiger partial charge in [0, 0.05) is 5.57 Å². The Kier molecular flexibility index (Phi) is 4.06. The summed E-state index contributed by atoms with van der Waals surface area (Å²) in [6.07, 6.45) is 0. The number of allylic oxidation sites excluding steroid dienone is 2. The Labute approximate surface area is 107 Å². The van der Waals surface area contributed by atoms with Gasteiger partial charge in [-0.25, -0.2) is 4.39 Å². The van der Waals surface area contributed by atoms with Crippen molar-refractivity contribution in [3.63, 3.8) is 0 Å². The van der Waals surface area contributed by atoms with Gasteiger partial charge in [0.05, 0.1) is 0 Å². The zero-order valence-electron chi connectivity index (χ0n) is 10.3. The first-order chi connectivity index (χ1) is 8.03. The largest absolute Gasteiger partial charge is 0.385 e. The van der Waals surface area contributed by atoms with Crippen LogP contribution in [0.3, 0.4) is 0 Å². The van der Waals surface area contributed by atoms with Crippen LogP contribution in [0.2, 0.25) is 0 Å². The molecule has 0 spiro atoms. The number of hydrogen-bond acceptors (Lipinski definition) is 0. The Morgan fingerprint density at radius 3 is 1.30 bits per heavy atom. The molecule has 0 amide bonds. The molecule has 0 aromatic carbocycles. The molecule has 0 heterocycles. The first kappa shape index (κ1) is 19.0. The lowest BCUT2D eigenvalue weighted by Crippen LogP contribution is -2.67. The number of hydrogen-bond donors (Lipinski definition) is 0. The standard InChI is InChI=1S/C10H9F9.FH/c1-6(2,3)4-5(11)8(14,15)10(18,19)9(16,17)7(4,12)13;/h1-3H3;1H. The van der Waals surface area contributed by atoms with Gasteiger partial charge in [-0.3, -0.25) is 4.70 Å². The fourth-order valence-electron chi connectivity index (χ4n) is 1.78. The molecule has 120 valence electrons. The molecule has 0 unspecified atom stereocenters. The smallest absolute Gasteiger partial charge is 0.269 e. The summed E-state index contributed by atoms with van der Waals surface area (Å²) < 4.78 is 118. The molecule has 0 atom stereocenters. The minimum Gasteiger partial charge on any atom is -0.269 e. The van der Waals surface area contributed by atoms with Crippen molar-refractivity contribution in [2.45, 2.75) is 44.5 Å². The lowest BCUT2D eigenvalue weighted by Gasteiger charge is -2.45. The van der Waals surface area contributed by atoms with Crippen molar-refractivity contribution in [2.24, 2.45) is 5.41 Å². The molecule has 20 heavy (non-hydrogen) atoms. The van der Waals surface area contributed by atoms with E-state index in [2.05, 4.69) is 0 Å². The van der Waals surface area contributed by atoms with Crippen molar-refractivity contribution in [3.05, 3.63) is 11.4 Å². The highest BCUT2D eigenvalue weighted by atomic mass is 19.4. The summed E-state index contributed by atoms with van der Waals surface area (Å²) in [5.41, 5.74) is -4.50. The Hall–Kier alpha value is -0.960. The van der Waals surface area contributed by atoms with E-state index in [1.54, 1.807) is 0 Å². The molecule has 0 radical (unpaired) electrons. The van der Waals surface area contributed by atoms with E-state index in [9.17, 15) is 39.5 Å². The summed E-state index contributed by atoms with van der Waals surface area (Å²) in [4.78, 5) is 0. The molecule has 0 bridgehead atoms. The summed E-state index contributed by atoms with van der Waals surface area (Å²) >= 11 is 0. The van der Waals surface area contributed by atoms with Crippen molar-refractivity contribution in [2.75, 3.05) is 0 Å². The Morgan fingerprint density at radius 2 is 1.00 bits per heavy atom. The van der Waals surface area contributed by atoms with Crippen LogP contribution >= 0.6 is 0 Å². The van der Waals surface area contributed by atoms with Crippen LogP contribution in [-0.2, 0) is 0 Å². The van der Waals surface area contributed by atoms with Crippen LogP contribution in [0.1, 0.15) is 20.8 Å². The highest BCUT2D eigenvalue weighted by Gasteiger charge is 2.87. The molecular weight excluding hydrogens is 310 g/mol. The van der Waals surface area contributed by atoms with Crippen molar-refractivity contribution in [1.29, 1.82) is 0 Å². The van der Waals surface area contributed by atoms with Crippen LogP contribution in [0.25, 0.3) is 0 Å². The predicted octanol–water partition coefficient (Wildman–Crippen LogP) is 4.96. The van der Waals surface area contributed by atoms with Gasteiger partial charge < -0.3 is 0 Å². The maximum atomic E-state index is 13.4. The number of halogens is 10. The lowest BCUT2D eigenvalue weighted by atomic mass is 9.73. The van der Waals surface area contributed by atoms with E-state index in [4.69, 9.17) is 0 Å². The van der Waals surface area contributed by atoms with Gasteiger partial charge in [-0.05, 0) is 5.41 Å². The SMILES string of the molecule is CC(C)(C)C1=C(F)C(F)(F)C(F)(F)C(F)(F)C1(F)F.F. The van der Waals surface area contributed by atoms with Gasteiger partial charge in [0.25, 0.3) is 0 Å². The van der Waals surface area contributed by atoms with Gasteiger partial charge in [-0.2, -0.15) is 35.1 Å². The van der Waals surface area contributed by atoms with E-state index < -0.39 is 40.5 Å². The van der Waals surface area contributed by atoms with Gasteiger partial charge in [0.2, 0.25) is 0 Å². The monoisotopic (exact) mass is 320 g/mol. The quantitative estimate of drug-likeness (QED) is 0.553. The van der Waals surface area contributed by atoms with Crippen molar-refractivity contribution < 1.29 is 44.2 Å². The second-order valence-electron chi connectivity index (χ2n) is 5.24. The van der Waals surface area contributed by atoms with Gasteiger partial charge >= 0.3 is 23.7 Å². The van der Waals surface area contributed by atoms with Crippen LogP contribution < -0.4 is 0 Å². The summed E-state index contributed by atoms with van der Waals surface area (Å²) in [6, 6.07) is 0. The van der Waals surface area contributed by atoms with E-state index in [-0.39, 0.29) is 4.70 Å². The van der Waals surface area contributed by atoms with Crippen molar-refractivity contribution in [3.8, 4) is 0 Å². The van der Waals surface area contributed by atoms with Crippen LogP contribution in [0.4, 0.5) is 44.2 Å². The summed E-state index contributed by atoms with van der Waals surface area (Å²) in [6.45, 7) is 2.22. The maximum Gasteiger partial charge on any atom is 0.385 e. The molecule has 0 aromatic rings. The number of alkyl halides is 8. The molecule has 1 aliphatic carbocycles. The molecule has 1 aliphatic rings. The average molecular weight is 320 g/mol. The third kappa shape index (κ3) is 1.90. The third-order valence-electron chi connectivity index (χ3n) is 2.74. The van der Waals surface area contributed by atoms with Crippen LogP contribution in [0.5, 0.6) is 0 Å². The molecule has 0 N–H and O–H groups in total. The van der Waals surface area contributed by atoms with Crippen LogP contribution in [0, 0.1) is 5.41 Å². The Bertz CT molecular complexity index is 426. The van der Waals surface area contributed by atoms with E-state index in [1.165, 1.54) is 0 Å². The maximum absolute atomic E-state index is 13.4. The minimum atomic E-state index is -6.53. The van der Waals surface area contributed by atoms with E-state index in [0.717, 1.165) is 20.8 Å². The minimum absolute atomic E-state index is 0. The molecule has 0 saturated heterocycles. The van der Waals surface area contributed by atoms with Crippen LogP contribution in [-0.4, -0.2) is 23.7 Å². The fourth-order valence-corrected chi connectivity index (χ4v) is 1.78. The average Bonchev–Trinajstić information content (AvgIpc) is 2.12. The topological polar surface area (TPSA) is 0 Å². The molecule has 0 fully saturated rings. The van der Waals surface area contributed by atoms with E-state index in [1.807, 2.05) is 0 Å². The van der Waals surface area contributed by atoms with E-state index in [0.29, 0.717) is 0 Å². The van der Waals surface area contributed by atoms with Gasteiger partial charge in [0.1, 0.15) is 0 Å². The van der Waals surface area contributed by atoms with Crippen molar-refractivity contribution >= 4 is 0 Å². The third-order valence-corrected chi connectivity index (χ3v) is 2.74. The van der Waals surface area contributed by atoms with Gasteiger partial charge in [-0.15, -0.1) is 0 Å². The lowest BCUT2D eigenvalue weighted by molar-refractivity contribution is -0.365. The van der Waals surface area contributed by atoms with Crippen LogP contribution in [0.15, 0.2) is 11.4 Å². The summed E-state index contributed by atoms with van der Waals surface area (Å²) in [5.74, 6) is -27.9. The van der Waals surface area contributed by atoms with E-state index >= 15 is 0 Å². The molecule has 10 heteroatoms. The Morgan fingerprint density at radius 1 is 0.700 bits per heavy atom. The fraction of sp³-hybridized carbons (Fsp3) is 0.800.